The second-order valence-electron chi connectivity index (χ2n) is 6.00. The molecule has 1 aromatic rings. The average molecular weight is 457 g/mol. The van der Waals surface area contributed by atoms with Crippen LogP contribution in [0.2, 0.25) is 0 Å². The Labute approximate surface area is 156 Å². The molecule has 0 amide bonds. The van der Waals surface area contributed by atoms with E-state index in [1.54, 1.807) is 31.6 Å². The van der Waals surface area contributed by atoms with Crippen molar-refractivity contribution in [3.05, 3.63) is 18.0 Å². The maximum absolute atomic E-state index is 12.1. The van der Waals surface area contributed by atoms with Crippen LogP contribution in [-0.2, 0) is 23.4 Å². The van der Waals surface area contributed by atoms with Crippen LogP contribution >= 0.6 is 24.0 Å². The maximum atomic E-state index is 12.1. The highest BCUT2D eigenvalue weighted by Crippen LogP contribution is 2.15. The lowest BCUT2D eigenvalue weighted by molar-refractivity contribution is 0.559. The van der Waals surface area contributed by atoms with E-state index in [0.29, 0.717) is 25.6 Å². The van der Waals surface area contributed by atoms with Crippen molar-refractivity contribution in [2.24, 2.45) is 12.0 Å². The maximum Gasteiger partial charge on any atom is 0.191 e. The number of nitrogens with one attached hydrogen (secondary N) is 2. The van der Waals surface area contributed by atoms with Gasteiger partial charge in [0.2, 0.25) is 0 Å². The first-order valence-corrected chi connectivity index (χ1v) is 9.04. The lowest BCUT2D eigenvalue weighted by Gasteiger charge is -2.19. The standard InChI is InChI=1S/C14H27N5O2S.HI/c1-6-15-13(17-11-12-7-8-18-19(12)5)16-9-10-22(20,21)14(2,3)4;/h7-8H,6,9-11H2,1-5H3,(H2,15,16,17);1H. The van der Waals surface area contributed by atoms with Gasteiger partial charge in [-0.15, -0.1) is 24.0 Å². The summed E-state index contributed by atoms with van der Waals surface area (Å²) in [4.78, 5) is 4.44. The summed E-state index contributed by atoms with van der Waals surface area (Å²) >= 11 is 0. The smallest absolute Gasteiger partial charge is 0.191 e. The van der Waals surface area contributed by atoms with E-state index < -0.39 is 14.6 Å². The number of nitrogens with zero attached hydrogens (tertiary/aromatic N) is 3. The number of hydrogen-bond donors (Lipinski definition) is 2. The van der Waals surface area contributed by atoms with Crippen molar-refractivity contribution in [1.29, 1.82) is 0 Å². The highest BCUT2D eigenvalue weighted by molar-refractivity contribution is 14.0. The number of aryl methyl sites for hydroxylation is 1. The molecule has 9 heteroatoms. The molecule has 0 aliphatic heterocycles. The topological polar surface area (TPSA) is 88.4 Å². The van der Waals surface area contributed by atoms with Gasteiger partial charge in [0.1, 0.15) is 0 Å². The summed E-state index contributed by atoms with van der Waals surface area (Å²) in [6.45, 7) is 8.63. The SMILES string of the molecule is CCNC(=NCc1ccnn1C)NCCS(=O)(=O)C(C)(C)C.I. The van der Waals surface area contributed by atoms with E-state index in [2.05, 4.69) is 20.7 Å². The zero-order valence-corrected chi connectivity index (χ0v) is 17.6. The first-order valence-electron chi connectivity index (χ1n) is 7.38. The van der Waals surface area contributed by atoms with Gasteiger partial charge < -0.3 is 10.6 Å². The second kappa shape index (κ2) is 9.45. The van der Waals surface area contributed by atoms with Gasteiger partial charge in [-0.05, 0) is 33.8 Å². The highest BCUT2D eigenvalue weighted by Gasteiger charge is 2.28. The molecule has 0 unspecified atom stereocenters. The quantitative estimate of drug-likeness (QED) is 0.382. The molecule has 7 nitrogen and oxygen atoms in total. The molecule has 1 rings (SSSR count). The number of rotatable bonds is 6. The molecule has 2 N–H and O–H groups in total. The van der Waals surface area contributed by atoms with Crippen LogP contribution in [0.5, 0.6) is 0 Å². The minimum Gasteiger partial charge on any atom is -0.357 e. The third kappa shape index (κ3) is 7.06. The lowest BCUT2D eigenvalue weighted by atomic mass is 10.3. The Morgan fingerprint density at radius 3 is 2.48 bits per heavy atom. The van der Waals surface area contributed by atoms with Crippen molar-refractivity contribution in [2.75, 3.05) is 18.8 Å². The Bertz CT molecular complexity index is 605. The molecule has 1 heterocycles. The Hall–Kier alpha value is -0.840. The van der Waals surface area contributed by atoms with Crippen molar-refractivity contribution in [1.82, 2.24) is 20.4 Å². The number of guanidine groups is 1. The number of hydrogen-bond acceptors (Lipinski definition) is 4. The van der Waals surface area contributed by atoms with Crippen molar-refractivity contribution in [3.63, 3.8) is 0 Å². The summed E-state index contributed by atoms with van der Waals surface area (Å²) in [5, 5.41) is 10.3. The van der Waals surface area contributed by atoms with Crippen LogP contribution < -0.4 is 10.6 Å². The highest BCUT2D eigenvalue weighted by atomic mass is 127. The fourth-order valence-electron chi connectivity index (χ4n) is 1.67. The average Bonchev–Trinajstić information content (AvgIpc) is 2.80. The molecule has 0 aliphatic carbocycles. The Balaban J connectivity index is 0.00000484. The second-order valence-corrected chi connectivity index (χ2v) is 8.86. The van der Waals surface area contributed by atoms with Crippen LogP contribution in [0.4, 0.5) is 0 Å². The van der Waals surface area contributed by atoms with Gasteiger partial charge in [0.05, 0.1) is 22.7 Å². The monoisotopic (exact) mass is 457 g/mol. The molecular weight excluding hydrogens is 429 g/mol. The summed E-state index contributed by atoms with van der Waals surface area (Å²) in [5.41, 5.74) is 0.986. The van der Waals surface area contributed by atoms with E-state index in [9.17, 15) is 8.42 Å². The van der Waals surface area contributed by atoms with Crippen molar-refractivity contribution in [3.8, 4) is 0 Å². The third-order valence-electron chi connectivity index (χ3n) is 3.26. The van der Waals surface area contributed by atoms with Gasteiger partial charge in [0.15, 0.2) is 15.8 Å². The fraction of sp³-hybridized carbons (Fsp3) is 0.714. The molecular formula is C14H28IN5O2S. The largest absolute Gasteiger partial charge is 0.357 e. The molecule has 0 aromatic carbocycles. The van der Waals surface area contributed by atoms with Gasteiger partial charge in [-0.3, -0.25) is 4.68 Å². The van der Waals surface area contributed by atoms with Crippen molar-refractivity contribution < 1.29 is 8.42 Å². The molecule has 1 aromatic heterocycles. The molecule has 0 atom stereocenters. The summed E-state index contributed by atoms with van der Waals surface area (Å²) < 4.78 is 25.2. The first kappa shape index (κ1) is 22.2. The number of sulfone groups is 1. The predicted octanol–water partition coefficient (Wildman–Crippen LogP) is 1.31. The molecule has 134 valence electrons. The summed E-state index contributed by atoms with van der Waals surface area (Å²) in [5.74, 6) is 0.680. The summed E-state index contributed by atoms with van der Waals surface area (Å²) in [7, 11) is -1.27. The Kier molecular flexibility index (Phi) is 9.11. The van der Waals surface area contributed by atoms with E-state index in [1.807, 2.05) is 20.0 Å². The normalized spacial score (nSPS) is 12.7. The molecule has 0 saturated heterocycles. The van der Waals surface area contributed by atoms with E-state index in [-0.39, 0.29) is 29.7 Å². The number of aromatic nitrogens is 2. The molecule has 0 bridgehead atoms. The van der Waals surface area contributed by atoms with Gasteiger partial charge in [-0.2, -0.15) is 5.10 Å². The fourth-order valence-corrected chi connectivity index (χ4v) is 2.65. The molecule has 0 saturated carbocycles. The zero-order valence-electron chi connectivity index (χ0n) is 14.5. The minimum absolute atomic E-state index is 0. The summed E-state index contributed by atoms with van der Waals surface area (Å²) in [6.07, 6.45) is 1.72. The van der Waals surface area contributed by atoms with Gasteiger partial charge in [0.25, 0.3) is 0 Å². The minimum atomic E-state index is -3.13. The Morgan fingerprint density at radius 2 is 2.00 bits per heavy atom. The van der Waals surface area contributed by atoms with Crippen LogP contribution in [0.1, 0.15) is 33.4 Å². The van der Waals surface area contributed by atoms with Crippen LogP contribution in [-0.4, -0.2) is 47.7 Å². The predicted molar refractivity (Wildman–Crippen MR) is 105 cm³/mol. The molecule has 0 aliphatic rings. The van der Waals surface area contributed by atoms with Gasteiger partial charge in [0, 0.05) is 26.3 Å². The van der Waals surface area contributed by atoms with Crippen LogP contribution in [0.25, 0.3) is 0 Å². The van der Waals surface area contributed by atoms with Crippen molar-refractivity contribution in [2.45, 2.75) is 39.0 Å². The zero-order chi connectivity index (χ0) is 16.8. The number of halogens is 1. The van der Waals surface area contributed by atoms with Gasteiger partial charge in [-0.25, -0.2) is 13.4 Å². The molecule has 0 radical (unpaired) electrons. The van der Waals surface area contributed by atoms with Crippen LogP contribution in [0.15, 0.2) is 17.3 Å². The molecule has 0 fully saturated rings. The van der Waals surface area contributed by atoms with E-state index in [1.165, 1.54) is 0 Å². The van der Waals surface area contributed by atoms with Crippen LogP contribution in [0, 0.1) is 0 Å². The molecule has 0 spiro atoms. The van der Waals surface area contributed by atoms with Gasteiger partial charge >= 0.3 is 0 Å². The Morgan fingerprint density at radius 1 is 1.35 bits per heavy atom. The van der Waals surface area contributed by atoms with Crippen LogP contribution in [0.3, 0.4) is 0 Å². The first-order chi connectivity index (χ1) is 10.2. The van der Waals surface area contributed by atoms with E-state index in [0.717, 1.165) is 5.69 Å². The number of aliphatic imine (C=N–C) groups is 1. The van der Waals surface area contributed by atoms with E-state index in [4.69, 9.17) is 0 Å². The third-order valence-corrected chi connectivity index (χ3v) is 5.87. The lowest BCUT2D eigenvalue weighted by Crippen LogP contribution is -2.41. The van der Waals surface area contributed by atoms with Gasteiger partial charge in [-0.1, -0.05) is 0 Å². The van der Waals surface area contributed by atoms with Crippen molar-refractivity contribution >= 4 is 39.8 Å². The summed E-state index contributed by atoms with van der Waals surface area (Å²) in [6, 6.07) is 1.90. The molecule has 23 heavy (non-hydrogen) atoms. The van der Waals surface area contributed by atoms with E-state index >= 15 is 0 Å².